The third-order valence-corrected chi connectivity index (χ3v) is 4.43. The highest BCUT2D eigenvalue weighted by molar-refractivity contribution is 5.34. The summed E-state index contributed by atoms with van der Waals surface area (Å²) in [4.78, 5) is 0. The van der Waals surface area contributed by atoms with Crippen molar-refractivity contribution >= 4 is 0 Å². The van der Waals surface area contributed by atoms with Gasteiger partial charge in [-0.2, -0.15) is 0 Å². The minimum Gasteiger partial charge on any atom is -0.496 e. The lowest BCUT2D eigenvalue weighted by Gasteiger charge is -2.34. The first-order valence-corrected chi connectivity index (χ1v) is 7.79. The second-order valence-corrected chi connectivity index (χ2v) is 5.87. The largest absolute Gasteiger partial charge is 0.496 e. The number of alkyl halides is 2. The molecular formula is C17H25F2NO. The Bertz CT molecular complexity index is 440. The fourth-order valence-electron chi connectivity index (χ4n) is 3.24. The highest BCUT2D eigenvalue weighted by atomic mass is 19.3. The molecule has 2 nitrogen and oxygen atoms in total. The SMILES string of the molecule is CCNC(Cc1ccccc1OC)C1CCC(F)(F)CC1. The number of para-hydroxylation sites is 1. The van der Waals surface area contributed by atoms with Gasteiger partial charge in [-0.05, 0) is 43.4 Å². The maximum absolute atomic E-state index is 13.3. The van der Waals surface area contributed by atoms with Gasteiger partial charge in [0.05, 0.1) is 7.11 Å². The van der Waals surface area contributed by atoms with E-state index in [-0.39, 0.29) is 18.9 Å². The van der Waals surface area contributed by atoms with E-state index < -0.39 is 5.92 Å². The lowest BCUT2D eigenvalue weighted by molar-refractivity contribution is -0.0494. The number of ether oxygens (including phenoxy) is 1. The molecule has 0 radical (unpaired) electrons. The van der Waals surface area contributed by atoms with Crippen LogP contribution in [0.5, 0.6) is 5.75 Å². The standard InChI is InChI=1S/C17H25F2NO/c1-3-20-15(13-8-10-17(18,19)11-9-13)12-14-6-4-5-7-16(14)21-2/h4-7,13,15,20H,3,8-12H2,1-2H3. The summed E-state index contributed by atoms with van der Waals surface area (Å²) in [5.74, 6) is -1.27. The van der Waals surface area contributed by atoms with Gasteiger partial charge in [0.15, 0.2) is 0 Å². The van der Waals surface area contributed by atoms with E-state index in [1.165, 1.54) is 0 Å². The summed E-state index contributed by atoms with van der Waals surface area (Å²) in [6, 6.07) is 8.19. The Kier molecular flexibility index (Phi) is 5.57. The van der Waals surface area contributed by atoms with Crippen molar-refractivity contribution in [1.29, 1.82) is 0 Å². The molecule has 1 aliphatic carbocycles. The van der Waals surface area contributed by atoms with Gasteiger partial charge in [-0.3, -0.25) is 0 Å². The number of benzene rings is 1. The zero-order chi connectivity index (χ0) is 15.3. The van der Waals surface area contributed by atoms with Crippen LogP contribution in [-0.2, 0) is 6.42 Å². The number of hydrogen-bond donors (Lipinski definition) is 1. The van der Waals surface area contributed by atoms with Crippen molar-refractivity contribution in [2.75, 3.05) is 13.7 Å². The predicted octanol–water partition coefficient (Wildman–Crippen LogP) is 4.04. The summed E-state index contributed by atoms with van der Waals surface area (Å²) in [6.07, 6.45) is 2.06. The topological polar surface area (TPSA) is 21.3 Å². The minimum absolute atomic E-state index is 0.0193. The second kappa shape index (κ2) is 7.21. The van der Waals surface area contributed by atoms with E-state index in [9.17, 15) is 8.78 Å². The first kappa shape index (κ1) is 16.2. The molecular weight excluding hydrogens is 272 g/mol. The summed E-state index contributed by atoms with van der Waals surface area (Å²) in [5, 5.41) is 3.48. The monoisotopic (exact) mass is 297 g/mol. The first-order valence-electron chi connectivity index (χ1n) is 7.79. The van der Waals surface area contributed by atoms with Crippen molar-refractivity contribution in [3.05, 3.63) is 29.8 Å². The molecule has 4 heteroatoms. The molecule has 1 saturated carbocycles. The van der Waals surface area contributed by atoms with Gasteiger partial charge in [-0.15, -0.1) is 0 Å². The van der Waals surface area contributed by atoms with Crippen LogP contribution in [0.25, 0.3) is 0 Å². The van der Waals surface area contributed by atoms with Gasteiger partial charge in [-0.1, -0.05) is 25.1 Å². The van der Waals surface area contributed by atoms with Crippen LogP contribution in [0.4, 0.5) is 8.78 Å². The van der Waals surface area contributed by atoms with Crippen molar-refractivity contribution in [2.24, 2.45) is 5.92 Å². The third-order valence-electron chi connectivity index (χ3n) is 4.43. The van der Waals surface area contributed by atoms with Crippen LogP contribution in [0.2, 0.25) is 0 Å². The van der Waals surface area contributed by atoms with Gasteiger partial charge in [-0.25, -0.2) is 8.78 Å². The minimum atomic E-state index is -2.46. The second-order valence-electron chi connectivity index (χ2n) is 5.87. The molecule has 118 valence electrons. The number of likely N-dealkylation sites (N-methyl/N-ethyl adjacent to an activating group) is 1. The zero-order valence-electron chi connectivity index (χ0n) is 12.9. The predicted molar refractivity (Wildman–Crippen MR) is 81.1 cm³/mol. The molecule has 0 saturated heterocycles. The highest BCUT2D eigenvalue weighted by Gasteiger charge is 2.37. The van der Waals surface area contributed by atoms with Crippen LogP contribution in [-0.4, -0.2) is 25.6 Å². The van der Waals surface area contributed by atoms with Crippen molar-refractivity contribution in [3.63, 3.8) is 0 Å². The van der Waals surface area contributed by atoms with E-state index in [0.29, 0.717) is 18.8 Å². The average molecular weight is 297 g/mol. The Hall–Kier alpha value is -1.16. The molecule has 0 spiro atoms. The fraction of sp³-hybridized carbons (Fsp3) is 0.647. The van der Waals surface area contributed by atoms with Crippen LogP contribution in [0.3, 0.4) is 0 Å². The molecule has 1 fully saturated rings. The molecule has 1 aliphatic rings. The van der Waals surface area contributed by atoms with Crippen molar-refractivity contribution in [1.82, 2.24) is 5.32 Å². The number of rotatable bonds is 6. The molecule has 1 atom stereocenters. The first-order chi connectivity index (χ1) is 10.1. The maximum Gasteiger partial charge on any atom is 0.248 e. The van der Waals surface area contributed by atoms with Gasteiger partial charge < -0.3 is 10.1 Å². The number of nitrogens with one attached hydrogen (secondary N) is 1. The molecule has 0 bridgehead atoms. The Balaban J connectivity index is 2.05. The van der Waals surface area contributed by atoms with Gasteiger partial charge in [0.25, 0.3) is 0 Å². The molecule has 0 amide bonds. The Morgan fingerprint density at radius 2 is 1.95 bits per heavy atom. The lowest BCUT2D eigenvalue weighted by atomic mass is 9.80. The van der Waals surface area contributed by atoms with Crippen LogP contribution in [0.15, 0.2) is 24.3 Å². The zero-order valence-corrected chi connectivity index (χ0v) is 12.9. The average Bonchev–Trinajstić information content (AvgIpc) is 2.47. The van der Waals surface area contributed by atoms with E-state index in [4.69, 9.17) is 4.74 Å². The summed E-state index contributed by atoms with van der Waals surface area (Å²) in [5.41, 5.74) is 1.14. The van der Waals surface area contributed by atoms with E-state index >= 15 is 0 Å². The van der Waals surface area contributed by atoms with Crippen molar-refractivity contribution in [3.8, 4) is 5.75 Å². The molecule has 21 heavy (non-hydrogen) atoms. The van der Waals surface area contributed by atoms with E-state index in [0.717, 1.165) is 24.3 Å². The molecule has 0 heterocycles. The summed E-state index contributed by atoms with van der Waals surface area (Å²) >= 11 is 0. The number of hydrogen-bond acceptors (Lipinski definition) is 2. The molecule has 1 unspecified atom stereocenters. The molecule has 0 aromatic heterocycles. The van der Waals surface area contributed by atoms with Crippen LogP contribution in [0, 0.1) is 5.92 Å². The Morgan fingerprint density at radius 3 is 2.57 bits per heavy atom. The van der Waals surface area contributed by atoms with Gasteiger partial charge in [0.2, 0.25) is 5.92 Å². The van der Waals surface area contributed by atoms with Gasteiger partial charge in [0.1, 0.15) is 5.75 Å². The maximum atomic E-state index is 13.3. The van der Waals surface area contributed by atoms with Gasteiger partial charge in [0, 0.05) is 18.9 Å². The van der Waals surface area contributed by atoms with Crippen molar-refractivity contribution in [2.45, 2.75) is 51.0 Å². The molecule has 0 aliphatic heterocycles. The molecule has 2 rings (SSSR count). The smallest absolute Gasteiger partial charge is 0.248 e. The van der Waals surface area contributed by atoms with Crippen LogP contribution in [0.1, 0.15) is 38.2 Å². The van der Waals surface area contributed by atoms with E-state index in [2.05, 4.69) is 18.3 Å². The van der Waals surface area contributed by atoms with Crippen LogP contribution < -0.4 is 10.1 Å². The van der Waals surface area contributed by atoms with Crippen molar-refractivity contribution < 1.29 is 13.5 Å². The summed E-state index contributed by atoms with van der Waals surface area (Å²) in [7, 11) is 1.67. The van der Waals surface area contributed by atoms with Gasteiger partial charge >= 0.3 is 0 Å². The molecule has 1 N–H and O–H groups in total. The lowest BCUT2D eigenvalue weighted by Crippen LogP contribution is -2.41. The number of methoxy groups -OCH3 is 1. The summed E-state index contributed by atoms with van der Waals surface area (Å²) in [6.45, 7) is 2.92. The molecule has 1 aromatic carbocycles. The Morgan fingerprint density at radius 1 is 1.29 bits per heavy atom. The Labute approximate surface area is 125 Å². The van der Waals surface area contributed by atoms with E-state index in [1.54, 1.807) is 7.11 Å². The highest BCUT2D eigenvalue weighted by Crippen LogP contribution is 2.38. The van der Waals surface area contributed by atoms with Crippen LogP contribution >= 0.6 is 0 Å². The fourth-order valence-corrected chi connectivity index (χ4v) is 3.24. The molecule has 1 aromatic rings. The number of halogens is 2. The summed E-state index contributed by atoms with van der Waals surface area (Å²) < 4.78 is 32.1. The third kappa shape index (κ3) is 4.40. The van der Waals surface area contributed by atoms with E-state index in [1.807, 2.05) is 18.2 Å². The quantitative estimate of drug-likeness (QED) is 0.855. The normalized spacial score (nSPS) is 20.2.